The molecular formula is C25H39N3O5. The number of carbonyl (C=O) groups excluding carboxylic acids is 2. The fourth-order valence-corrected chi connectivity index (χ4v) is 3.26. The Morgan fingerprint density at radius 3 is 2.24 bits per heavy atom. The number of nitrogens with zero attached hydrogens (tertiary/aromatic N) is 1. The summed E-state index contributed by atoms with van der Waals surface area (Å²) < 4.78 is 10.6. The molecule has 0 heterocycles. The molecule has 0 aliphatic heterocycles. The molecule has 0 aromatic carbocycles. The van der Waals surface area contributed by atoms with Crippen LogP contribution < -0.4 is 5.32 Å². The fourth-order valence-electron chi connectivity index (χ4n) is 3.26. The largest absolute Gasteiger partial charge is 0.507 e. The van der Waals surface area contributed by atoms with Crippen molar-refractivity contribution in [1.29, 1.82) is 5.41 Å². The third kappa shape index (κ3) is 9.55. The zero-order chi connectivity index (χ0) is 25.3. The van der Waals surface area contributed by atoms with Crippen LogP contribution in [0, 0.1) is 5.41 Å². The monoisotopic (exact) mass is 461 g/mol. The normalized spacial score (nSPS) is 16.1. The van der Waals surface area contributed by atoms with Gasteiger partial charge in [-0.2, -0.15) is 0 Å². The van der Waals surface area contributed by atoms with Crippen molar-refractivity contribution in [3.63, 3.8) is 0 Å². The van der Waals surface area contributed by atoms with Crippen LogP contribution in [0.15, 0.2) is 46.9 Å². The minimum Gasteiger partial charge on any atom is -0.507 e. The van der Waals surface area contributed by atoms with E-state index in [9.17, 15) is 14.7 Å². The summed E-state index contributed by atoms with van der Waals surface area (Å²) in [4.78, 5) is 26.0. The minimum atomic E-state index is -0.642. The van der Waals surface area contributed by atoms with E-state index in [1.165, 1.54) is 6.92 Å². The molecule has 0 atom stereocenters. The van der Waals surface area contributed by atoms with Gasteiger partial charge in [0.25, 0.3) is 0 Å². The van der Waals surface area contributed by atoms with Gasteiger partial charge < -0.3 is 24.9 Å². The predicted octanol–water partition coefficient (Wildman–Crippen LogP) is 5.78. The summed E-state index contributed by atoms with van der Waals surface area (Å²) >= 11 is 0. The molecule has 33 heavy (non-hydrogen) atoms. The molecule has 3 N–H and O–H groups in total. The Bertz CT molecular complexity index is 856. The van der Waals surface area contributed by atoms with E-state index < -0.39 is 17.8 Å². The number of carbonyl (C=O) groups is 2. The van der Waals surface area contributed by atoms with Crippen molar-refractivity contribution in [3.8, 4) is 0 Å². The molecule has 0 spiro atoms. The number of allylic oxidation sites excluding steroid dienone is 4. The molecule has 1 aliphatic rings. The van der Waals surface area contributed by atoms with E-state index in [0.29, 0.717) is 16.8 Å². The average Bonchev–Trinajstić information content (AvgIpc) is 3.22. The number of hydrogen-bond acceptors (Lipinski definition) is 6. The van der Waals surface area contributed by atoms with E-state index in [4.69, 9.17) is 14.9 Å². The molecule has 0 saturated heterocycles. The van der Waals surface area contributed by atoms with Crippen LogP contribution in [0.1, 0.15) is 67.2 Å². The summed E-state index contributed by atoms with van der Waals surface area (Å²) in [5.41, 5.74) is 1.11. The Morgan fingerprint density at radius 2 is 1.76 bits per heavy atom. The van der Waals surface area contributed by atoms with Crippen molar-refractivity contribution in [2.75, 3.05) is 13.7 Å². The van der Waals surface area contributed by atoms with E-state index in [2.05, 4.69) is 11.9 Å². The Hall–Kier alpha value is -3.03. The summed E-state index contributed by atoms with van der Waals surface area (Å²) in [6.45, 7) is 13.8. The van der Waals surface area contributed by atoms with Crippen LogP contribution in [0.2, 0.25) is 0 Å². The molecule has 8 heteroatoms. The quantitative estimate of drug-likeness (QED) is 0.241. The lowest BCUT2D eigenvalue weighted by Gasteiger charge is -2.24. The highest BCUT2D eigenvalue weighted by atomic mass is 16.6. The summed E-state index contributed by atoms with van der Waals surface area (Å²) in [7, 11) is 1.71. The number of rotatable bonds is 8. The summed E-state index contributed by atoms with van der Waals surface area (Å²) in [6.07, 6.45) is 6.21. The molecule has 1 rings (SSSR count). The van der Waals surface area contributed by atoms with Crippen molar-refractivity contribution >= 4 is 17.9 Å². The predicted molar refractivity (Wildman–Crippen MR) is 130 cm³/mol. The molecule has 1 aliphatic carbocycles. The molecule has 0 unspecified atom stereocenters. The van der Waals surface area contributed by atoms with Gasteiger partial charge >= 0.3 is 12.2 Å². The molecule has 0 aromatic heterocycles. The number of nitrogens with one attached hydrogen (secondary N) is 2. The second kappa shape index (κ2) is 12.3. The van der Waals surface area contributed by atoms with E-state index in [1.807, 2.05) is 0 Å². The maximum Gasteiger partial charge on any atom is 0.412 e. The first kappa shape index (κ1) is 28.0. The third-order valence-electron chi connectivity index (χ3n) is 5.21. The standard InChI is InChI=1S/C25H39N3O5/c1-16(2)21(27-23(30)33-25(5,6)7)14-13-17(3)22(29)20(18(4)26)15-32-24(31)28(8)19-11-9-10-12-19/h13-14,19,26,29H,1,9-12,15H2,2-8H3,(H,27,30)/b17-13+,21-14+,22-20-,26-18?. The molecule has 0 radical (unpaired) electrons. The number of aliphatic hydroxyl groups is 1. The number of aliphatic hydroxyl groups excluding tert-OH is 1. The van der Waals surface area contributed by atoms with Crippen molar-refractivity contribution in [1.82, 2.24) is 10.2 Å². The Balaban J connectivity index is 2.98. The van der Waals surface area contributed by atoms with Gasteiger partial charge in [-0.1, -0.05) is 25.5 Å². The first-order valence-electron chi connectivity index (χ1n) is 11.1. The Kier molecular flexibility index (Phi) is 10.4. The first-order valence-corrected chi connectivity index (χ1v) is 11.1. The van der Waals surface area contributed by atoms with Gasteiger partial charge in [0.2, 0.25) is 0 Å². The molecule has 1 fully saturated rings. The summed E-state index contributed by atoms with van der Waals surface area (Å²) in [5.74, 6) is -0.159. The zero-order valence-electron chi connectivity index (χ0n) is 21.0. The van der Waals surface area contributed by atoms with Gasteiger partial charge in [0.15, 0.2) is 0 Å². The van der Waals surface area contributed by atoms with E-state index in [1.54, 1.807) is 58.7 Å². The lowest BCUT2D eigenvalue weighted by molar-refractivity contribution is 0.0547. The Morgan fingerprint density at radius 1 is 1.18 bits per heavy atom. The van der Waals surface area contributed by atoms with Gasteiger partial charge in [0.05, 0.1) is 5.57 Å². The zero-order valence-corrected chi connectivity index (χ0v) is 21.0. The van der Waals surface area contributed by atoms with Crippen LogP contribution >= 0.6 is 0 Å². The third-order valence-corrected chi connectivity index (χ3v) is 5.21. The highest BCUT2D eigenvalue weighted by molar-refractivity contribution is 5.97. The smallest absolute Gasteiger partial charge is 0.412 e. The summed E-state index contributed by atoms with van der Waals surface area (Å²) in [6, 6.07) is 0.171. The van der Waals surface area contributed by atoms with E-state index in [-0.39, 0.29) is 29.7 Å². The highest BCUT2D eigenvalue weighted by Gasteiger charge is 2.25. The van der Waals surface area contributed by atoms with Crippen molar-refractivity contribution < 1.29 is 24.2 Å². The van der Waals surface area contributed by atoms with Crippen LogP contribution in [0.4, 0.5) is 9.59 Å². The van der Waals surface area contributed by atoms with Gasteiger partial charge in [-0.05, 0) is 71.6 Å². The molecule has 8 nitrogen and oxygen atoms in total. The average molecular weight is 462 g/mol. The SMILES string of the molecule is C=C(C)\C(=C/C=C(C)/C(O)=C(\COC(=O)N(C)C1CCCC1)C(C)=N)NC(=O)OC(C)(C)C. The number of ether oxygens (including phenoxy) is 2. The number of alkyl carbamates (subject to hydrolysis) is 1. The van der Waals surface area contributed by atoms with Crippen molar-refractivity contribution in [2.24, 2.45) is 0 Å². The second-order valence-corrected chi connectivity index (χ2v) is 9.39. The lowest BCUT2D eigenvalue weighted by atomic mass is 10.1. The molecule has 0 aromatic rings. The molecule has 0 bridgehead atoms. The maximum atomic E-state index is 12.4. The first-order chi connectivity index (χ1) is 15.2. The van der Waals surface area contributed by atoms with Crippen LogP contribution in [0.5, 0.6) is 0 Å². The highest BCUT2D eigenvalue weighted by Crippen LogP contribution is 2.23. The van der Waals surface area contributed by atoms with Crippen LogP contribution in [0.3, 0.4) is 0 Å². The van der Waals surface area contributed by atoms with Gasteiger partial charge in [-0.3, -0.25) is 5.32 Å². The summed E-state index contributed by atoms with van der Waals surface area (Å²) in [5, 5.41) is 21.3. The Labute approximate surface area is 197 Å². The minimum absolute atomic E-state index is 0.0903. The van der Waals surface area contributed by atoms with Gasteiger partial charge in [0, 0.05) is 24.5 Å². The van der Waals surface area contributed by atoms with Crippen LogP contribution in [-0.2, 0) is 9.47 Å². The van der Waals surface area contributed by atoms with E-state index >= 15 is 0 Å². The van der Waals surface area contributed by atoms with Gasteiger partial charge in [0.1, 0.15) is 18.0 Å². The van der Waals surface area contributed by atoms with Crippen LogP contribution in [-0.4, -0.2) is 53.2 Å². The molecule has 1 saturated carbocycles. The topological polar surface area (TPSA) is 112 Å². The molecular weight excluding hydrogens is 422 g/mol. The van der Waals surface area contributed by atoms with Crippen molar-refractivity contribution in [3.05, 3.63) is 46.9 Å². The van der Waals surface area contributed by atoms with Gasteiger partial charge in [-0.25, -0.2) is 9.59 Å². The number of amides is 2. The van der Waals surface area contributed by atoms with Crippen LogP contribution in [0.25, 0.3) is 0 Å². The maximum absolute atomic E-state index is 12.4. The van der Waals surface area contributed by atoms with E-state index in [0.717, 1.165) is 25.7 Å². The lowest BCUT2D eigenvalue weighted by Crippen LogP contribution is -2.36. The van der Waals surface area contributed by atoms with Crippen molar-refractivity contribution in [2.45, 2.75) is 78.9 Å². The fraction of sp³-hybridized carbons (Fsp3) is 0.560. The molecule has 184 valence electrons. The molecule has 2 amide bonds. The number of hydrogen-bond donors (Lipinski definition) is 3. The van der Waals surface area contributed by atoms with Gasteiger partial charge in [-0.15, -0.1) is 0 Å². The second-order valence-electron chi connectivity index (χ2n) is 9.39.